The average molecular weight is 588 g/mol. The van der Waals surface area contributed by atoms with Gasteiger partial charge >= 0.3 is 12.3 Å². The van der Waals surface area contributed by atoms with E-state index in [4.69, 9.17) is 10.1 Å². The fraction of sp³-hybridized carbons (Fsp3) is 0.484. The van der Waals surface area contributed by atoms with Crippen LogP contribution >= 0.6 is 0 Å². The summed E-state index contributed by atoms with van der Waals surface area (Å²) in [5.41, 5.74) is 0.676. The number of carbonyl (C=O) groups is 3. The molecule has 2 aromatic rings. The minimum atomic E-state index is -4.87. The molecule has 4 rings (SSSR count). The predicted octanol–water partition coefficient (Wildman–Crippen LogP) is 6.11. The number of carbonyl (C=O) groups excluding carboxylic acids is 2. The van der Waals surface area contributed by atoms with E-state index in [1.165, 1.54) is 18.2 Å². The Hall–Kier alpha value is -3.89. The van der Waals surface area contributed by atoms with Gasteiger partial charge in [0, 0.05) is 17.7 Å². The number of halogens is 3. The molecule has 226 valence electrons. The quantitative estimate of drug-likeness (QED) is 0.387. The van der Waals surface area contributed by atoms with Crippen molar-refractivity contribution in [3.05, 3.63) is 65.2 Å². The first-order valence-electron chi connectivity index (χ1n) is 14.0. The number of rotatable bonds is 8. The lowest BCUT2D eigenvalue weighted by Gasteiger charge is -2.46. The number of nitrogens with one attached hydrogen (secondary N) is 1. The molecule has 1 aliphatic carbocycles. The highest BCUT2D eigenvalue weighted by molar-refractivity contribution is 6.46. The number of alkyl halides is 3. The minimum absolute atomic E-state index is 0.00199. The summed E-state index contributed by atoms with van der Waals surface area (Å²) in [6, 6.07) is 11.6. The molecule has 8 nitrogen and oxygen atoms in total. The lowest BCUT2D eigenvalue weighted by Crippen LogP contribution is -2.50. The Labute approximate surface area is 243 Å². The molecule has 0 radical (unpaired) electrons. The molecule has 1 unspecified atom stereocenters. The lowest BCUT2D eigenvalue weighted by atomic mass is 9.69. The molecule has 0 bridgehead atoms. The van der Waals surface area contributed by atoms with Gasteiger partial charge in [0.2, 0.25) is 0 Å². The van der Waals surface area contributed by atoms with Gasteiger partial charge in [-0.25, -0.2) is 0 Å². The number of hydrogen-bond acceptors (Lipinski definition) is 5. The van der Waals surface area contributed by atoms with Crippen LogP contribution in [0.25, 0.3) is 0 Å². The summed E-state index contributed by atoms with van der Waals surface area (Å²) < 4.78 is 42.8. The van der Waals surface area contributed by atoms with Gasteiger partial charge in [0.15, 0.2) is 0 Å². The van der Waals surface area contributed by atoms with Gasteiger partial charge in [0.1, 0.15) is 17.1 Å². The number of ether oxygens (including phenoxy) is 1. The van der Waals surface area contributed by atoms with Gasteiger partial charge in [0.05, 0.1) is 12.5 Å². The van der Waals surface area contributed by atoms with Gasteiger partial charge in [-0.2, -0.15) is 0 Å². The van der Waals surface area contributed by atoms with Crippen LogP contribution < -0.4 is 10.1 Å². The van der Waals surface area contributed by atoms with E-state index in [1.54, 1.807) is 35.2 Å². The van der Waals surface area contributed by atoms with Crippen molar-refractivity contribution in [2.45, 2.75) is 77.9 Å². The molecule has 1 saturated carbocycles. The highest BCUT2D eigenvalue weighted by Crippen LogP contribution is 2.49. The van der Waals surface area contributed by atoms with Crippen LogP contribution in [0.15, 0.2) is 53.5 Å². The third-order valence-corrected chi connectivity index (χ3v) is 8.21. The molecule has 1 spiro atoms. The van der Waals surface area contributed by atoms with Crippen molar-refractivity contribution in [1.82, 2.24) is 10.2 Å². The van der Waals surface area contributed by atoms with E-state index < -0.39 is 35.7 Å². The zero-order chi connectivity index (χ0) is 30.9. The monoisotopic (exact) mass is 587 g/mol. The third-order valence-electron chi connectivity index (χ3n) is 8.21. The van der Waals surface area contributed by atoms with E-state index >= 15 is 0 Å². The van der Waals surface area contributed by atoms with Crippen molar-refractivity contribution in [2.75, 3.05) is 6.54 Å². The minimum Gasteiger partial charge on any atom is -0.481 e. The molecule has 0 saturated heterocycles. The molecule has 1 heterocycles. The number of aliphatic carboxylic acids is 1. The van der Waals surface area contributed by atoms with E-state index in [0.29, 0.717) is 24.3 Å². The Bertz CT molecular complexity index is 1360. The van der Waals surface area contributed by atoms with Crippen molar-refractivity contribution in [3.8, 4) is 5.75 Å². The van der Waals surface area contributed by atoms with E-state index in [2.05, 4.69) is 30.8 Å². The molecule has 2 aromatic carbocycles. The van der Waals surface area contributed by atoms with Crippen LogP contribution in [-0.4, -0.2) is 52.1 Å². The summed E-state index contributed by atoms with van der Waals surface area (Å²) in [6.07, 6.45) is -2.17. The Balaban J connectivity index is 1.63. The number of aliphatic imine (C=N–C) groups is 1. The first-order chi connectivity index (χ1) is 19.6. The summed E-state index contributed by atoms with van der Waals surface area (Å²) in [4.78, 5) is 43.9. The third kappa shape index (κ3) is 6.94. The van der Waals surface area contributed by atoms with Gasteiger partial charge in [-0.05, 0) is 73.8 Å². The molecular formula is C31H36F3N3O5. The van der Waals surface area contributed by atoms with Crippen molar-refractivity contribution in [2.24, 2.45) is 16.3 Å². The van der Waals surface area contributed by atoms with E-state index in [9.17, 15) is 27.6 Å². The Morgan fingerprint density at radius 2 is 1.76 bits per heavy atom. The zero-order valence-electron chi connectivity index (χ0n) is 24.1. The van der Waals surface area contributed by atoms with Crippen LogP contribution in [-0.2, 0) is 9.59 Å². The van der Waals surface area contributed by atoms with Gasteiger partial charge < -0.3 is 20.1 Å². The number of benzene rings is 2. The van der Waals surface area contributed by atoms with E-state index in [1.807, 2.05) is 6.92 Å². The molecule has 1 aliphatic heterocycles. The summed E-state index contributed by atoms with van der Waals surface area (Å²) in [7, 11) is 0. The summed E-state index contributed by atoms with van der Waals surface area (Å²) in [5.74, 6) is -1.80. The molecule has 2 N–H and O–H groups in total. The number of carboxylic acid groups (broad SMARTS) is 1. The summed E-state index contributed by atoms with van der Waals surface area (Å²) in [6.45, 7) is 8.45. The molecule has 1 fully saturated rings. The van der Waals surface area contributed by atoms with Crippen molar-refractivity contribution >= 4 is 23.5 Å². The first-order valence-corrected chi connectivity index (χ1v) is 14.0. The second kappa shape index (κ2) is 11.8. The predicted molar refractivity (Wildman–Crippen MR) is 150 cm³/mol. The number of carboxylic acids is 1. The molecule has 42 heavy (non-hydrogen) atoms. The topological polar surface area (TPSA) is 108 Å². The van der Waals surface area contributed by atoms with Crippen molar-refractivity contribution < 1.29 is 37.4 Å². The van der Waals surface area contributed by atoms with Gasteiger partial charge in [0.25, 0.3) is 11.8 Å². The summed E-state index contributed by atoms with van der Waals surface area (Å²) in [5, 5.41) is 11.3. The van der Waals surface area contributed by atoms with Gasteiger partial charge in [-0.1, -0.05) is 45.0 Å². The van der Waals surface area contributed by atoms with Crippen molar-refractivity contribution in [3.63, 3.8) is 0 Å². The fourth-order valence-electron chi connectivity index (χ4n) is 5.92. The van der Waals surface area contributed by atoms with Crippen LogP contribution in [0.2, 0.25) is 0 Å². The highest BCUT2D eigenvalue weighted by Gasteiger charge is 2.52. The van der Waals surface area contributed by atoms with Crippen LogP contribution in [0, 0.1) is 11.3 Å². The van der Waals surface area contributed by atoms with Gasteiger partial charge in [-0.3, -0.25) is 19.4 Å². The number of hydrogen-bond donors (Lipinski definition) is 2. The first kappa shape index (κ1) is 31.1. The second-order valence-corrected chi connectivity index (χ2v) is 12.0. The van der Waals surface area contributed by atoms with Crippen LogP contribution in [0.4, 0.5) is 13.2 Å². The van der Waals surface area contributed by atoms with Crippen LogP contribution in [0.3, 0.4) is 0 Å². The molecule has 0 aromatic heterocycles. The maximum Gasteiger partial charge on any atom is 0.573 e. The normalized spacial score (nSPS) is 21.7. The fourth-order valence-corrected chi connectivity index (χ4v) is 5.92. The largest absolute Gasteiger partial charge is 0.573 e. The Morgan fingerprint density at radius 3 is 2.33 bits per heavy atom. The molecule has 11 heteroatoms. The van der Waals surface area contributed by atoms with E-state index in [-0.39, 0.29) is 35.6 Å². The van der Waals surface area contributed by atoms with Gasteiger partial charge in [-0.15, -0.1) is 13.2 Å². The number of nitrogens with zero attached hydrogens (tertiary/aromatic N) is 2. The Kier molecular flexibility index (Phi) is 8.71. The second-order valence-electron chi connectivity index (χ2n) is 12.0. The zero-order valence-corrected chi connectivity index (χ0v) is 24.1. The maximum absolute atomic E-state index is 14.0. The number of amides is 2. The molecule has 2 amide bonds. The standard InChI is InChI=1S/C31H36F3N3O5/c1-19(20-8-10-21(11-9-20)27(40)35-17-14-25(38)39)37-28(41)26(22-6-5-7-24(18-22)42-31(32,33)34)36-30(37)15-12-23(13-16-30)29(2,3)4/h5-11,18-19,23H,12-17H2,1-4H3,(H,35,40)(H,38,39). The average Bonchev–Trinajstić information content (AvgIpc) is 3.18. The van der Waals surface area contributed by atoms with Crippen LogP contribution in [0.1, 0.15) is 87.3 Å². The van der Waals surface area contributed by atoms with Crippen molar-refractivity contribution in [1.29, 1.82) is 0 Å². The highest BCUT2D eigenvalue weighted by atomic mass is 19.4. The maximum atomic E-state index is 14.0. The van der Waals surface area contributed by atoms with E-state index in [0.717, 1.165) is 18.4 Å². The SMILES string of the molecule is CC(c1ccc(C(=O)NCCC(=O)O)cc1)N1C(=O)C(c2cccc(OC(F)(F)F)c2)=NC12CCC(C(C)(C)C)CC2. The van der Waals surface area contributed by atoms with Crippen LogP contribution in [0.5, 0.6) is 5.75 Å². The molecule has 1 atom stereocenters. The lowest BCUT2D eigenvalue weighted by molar-refractivity contribution is -0.274. The Morgan fingerprint density at radius 1 is 1.12 bits per heavy atom. The summed E-state index contributed by atoms with van der Waals surface area (Å²) >= 11 is 0. The smallest absolute Gasteiger partial charge is 0.481 e. The molecular weight excluding hydrogens is 551 g/mol. The molecule has 2 aliphatic rings.